The van der Waals surface area contributed by atoms with E-state index in [2.05, 4.69) is 50.8 Å². The van der Waals surface area contributed by atoms with Crippen molar-refractivity contribution in [3.05, 3.63) is 53.1 Å². The van der Waals surface area contributed by atoms with E-state index >= 15 is 0 Å². The number of amidine groups is 1. The Kier molecular flexibility index (Phi) is 7.64. The van der Waals surface area contributed by atoms with Gasteiger partial charge in [-0.2, -0.15) is 5.10 Å². The summed E-state index contributed by atoms with van der Waals surface area (Å²) in [5.74, 6) is 2.38. The first-order valence-electron chi connectivity index (χ1n) is 12.5. The summed E-state index contributed by atoms with van der Waals surface area (Å²) in [7, 11) is 3.33. The molecule has 2 aliphatic heterocycles. The Labute approximate surface area is 218 Å². The molecule has 8 heteroatoms. The summed E-state index contributed by atoms with van der Waals surface area (Å²) >= 11 is 1.34. The van der Waals surface area contributed by atoms with Crippen LogP contribution in [0.3, 0.4) is 0 Å². The number of nitrogens with zero attached hydrogens (tertiary/aromatic N) is 4. The number of amides is 1. The van der Waals surface area contributed by atoms with Gasteiger partial charge in [0.25, 0.3) is 0 Å². The van der Waals surface area contributed by atoms with E-state index in [1.54, 1.807) is 19.2 Å². The minimum absolute atomic E-state index is 0.00152. The average molecular weight is 509 g/mol. The first-order chi connectivity index (χ1) is 17.2. The second kappa shape index (κ2) is 10.5. The molecule has 192 valence electrons. The number of ether oxygens (including phenoxy) is 2. The van der Waals surface area contributed by atoms with Crippen LogP contribution < -0.4 is 14.4 Å². The summed E-state index contributed by atoms with van der Waals surface area (Å²) in [6.45, 7) is 11.7. The van der Waals surface area contributed by atoms with Crippen molar-refractivity contribution in [2.45, 2.75) is 58.2 Å². The third-order valence-corrected chi connectivity index (χ3v) is 7.49. The number of aryl methyl sites for hydroxylation is 1. The van der Waals surface area contributed by atoms with Crippen LogP contribution in [0.1, 0.15) is 57.7 Å². The van der Waals surface area contributed by atoms with Gasteiger partial charge in [-0.3, -0.25) is 9.79 Å². The van der Waals surface area contributed by atoms with Crippen LogP contribution >= 0.6 is 11.8 Å². The molecule has 2 aromatic rings. The van der Waals surface area contributed by atoms with Crippen molar-refractivity contribution in [1.82, 2.24) is 5.01 Å². The number of hydrogen-bond acceptors (Lipinski definition) is 6. The zero-order chi connectivity index (χ0) is 26.0. The Morgan fingerprint density at radius 2 is 1.94 bits per heavy atom. The smallest absolute Gasteiger partial charge is 0.302 e. The molecule has 1 amide bonds. The summed E-state index contributed by atoms with van der Waals surface area (Å²) in [6.07, 6.45) is 1.99. The highest BCUT2D eigenvalue weighted by Gasteiger charge is 2.37. The van der Waals surface area contributed by atoms with Crippen molar-refractivity contribution in [1.29, 1.82) is 0 Å². The highest BCUT2D eigenvalue weighted by Crippen LogP contribution is 2.38. The Morgan fingerprint density at radius 1 is 1.17 bits per heavy atom. The molecule has 4 rings (SSSR count). The molecule has 0 N–H and O–H groups in total. The van der Waals surface area contributed by atoms with E-state index in [0.29, 0.717) is 6.54 Å². The normalized spacial score (nSPS) is 17.7. The minimum Gasteiger partial charge on any atom is -0.497 e. The molecule has 2 aromatic carbocycles. The van der Waals surface area contributed by atoms with Crippen LogP contribution in [-0.2, 0) is 6.42 Å². The second-order valence-electron chi connectivity index (χ2n) is 9.75. The van der Waals surface area contributed by atoms with Crippen molar-refractivity contribution in [2.75, 3.05) is 32.2 Å². The lowest BCUT2D eigenvalue weighted by Gasteiger charge is -2.35. The molecule has 2 aliphatic rings. The van der Waals surface area contributed by atoms with Crippen LogP contribution in [0, 0.1) is 0 Å². The van der Waals surface area contributed by atoms with E-state index in [1.165, 1.54) is 17.3 Å². The van der Waals surface area contributed by atoms with Gasteiger partial charge in [0.2, 0.25) is 0 Å². The van der Waals surface area contributed by atoms with Crippen LogP contribution in [0.5, 0.6) is 11.5 Å². The number of hydrazone groups is 1. The maximum absolute atomic E-state index is 12.4. The molecule has 0 spiro atoms. The van der Waals surface area contributed by atoms with Gasteiger partial charge in [-0.05, 0) is 82.9 Å². The van der Waals surface area contributed by atoms with E-state index < -0.39 is 4.75 Å². The van der Waals surface area contributed by atoms with Gasteiger partial charge in [-0.1, -0.05) is 17.8 Å². The number of anilines is 1. The lowest BCUT2D eigenvalue weighted by molar-refractivity contribution is 0.226. The van der Waals surface area contributed by atoms with E-state index in [-0.39, 0.29) is 11.3 Å². The van der Waals surface area contributed by atoms with Gasteiger partial charge in [0, 0.05) is 30.9 Å². The largest absolute Gasteiger partial charge is 0.497 e. The third kappa shape index (κ3) is 5.09. The van der Waals surface area contributed by atoms with E-state index in [0.717, 1.165) is 59.2 Å². The van der Waals surface area contributed by atoms with E-state index in [1.807, 2.05) is 25.1 Å². The lowest BCUT2D eigenvalue weighted by atomic mass is 9.93. The van der Waals surface area contributed by atoms with Gasteiger partial charge in [-0.15, -0.1) is 0 Å². The zero-order valence-corrected chi connectivity index (χ0v) is 23.1. The molecular weight excluding hydrogens is 472 g/mol. The molecular formula is C28H36N4O3S. The Hall–Kier alpha value is -3.00. The maximum Gasteiger partial charge on any atom is 0.302 e. The number of aliphatic imine (C=N–C) groups is 1. The van der Waals surface area contributed by atoms with E-state index in [9.17, 15) is 4.79 Å². The molecule has 0 radical (unpaired) electrons. The molecule has 0 fully saturated rings. The summed E-state index contributed by atoms with van der Waals surface area (Å²) < 4.78 is 10.8. The van der Waals surface area contributed by atoms with Gasteiger partial charge in [0.1, 0.15) is 17.3 Å². The second-order valence-corrected chi connectivity index (χ2v) is 11.3. The molecule has 0 atom stereocenters. The highest BCUT2D eigenvalue weighted by atomic mass is 32.2. The van der Waals surface area contributed by atoms with Crippen LogP contribution in [-0.4, -0.2) is 59.9 Å². The SMILES string of the molecule is CCN1N=C(c2ccc3c(c2)CCCN3C(=NC(C)C)c2ccc(OC)cc2OC)C(C)(C)SC1=O. The number of methoxy groups -OCH3 is 2. The number of carbonyl (C=O) groups excluding carboxylic acids is 1. The van der Waals surface area contributed by atoms with Gasteiger partial charge >= 0.3 is 5.24 Å². The van der Waals surface area contributed by atoms with Crippen molar-refractivity contribution in [3.63, 3.8) is 0 Å². The standard InChI is InChI=1S/C28H36N4O3S/c1-8-32-27(33)36-28(4,5)25(30-32)20-11-14-23-19(16-20)10-9-15-31(23)26(29-18(2)3)22-13-12-21(34-6)17-24(22)35-7/h11-14,16-18H,8-10,15H2,1-7H3. The molecule has 7 nitrogen and oxygen atoms in total. The van der Waals surface area contributed by atoms with Gasteiger partial charge < -0.3 is 14.4 Å². The fourth-order valence-corrected chi connectivity index (χ4v) is 5.65. The third-order valence-electron chi connectivity index (χ3n) is 6.40. The Balaban J connectivity index is 1.78. The Bertz CT molecular complexity index is 1210. The summed E-state index contributed by atoms with van der Waals surface area (Å²) in [5.41, 5.74) is 5.33. The highest BCUT2D eigenvalue weighted by molar-refractivity contribution is 8.15. The number of rotatable bonds is 6. The first-order valence-corrected chi connectivity index (χ1v) is 13.3. The van der Waals surface area contributed by atoms with E-state index in [4.69, 9.17) is 19.6 Å². The average Bonchev–Trinajstić information content (AvgIpc) is 2.85. The van der Waals surface area contributed by atoms with Crippen LogP contribution in [0.4, 0.5) is 10.5 Å². The fourth-order valence-electron chi connectivity index (χ4n) is 4.68. The van der Waals surface area contributed by atoms with Crippen molar-refractivity contribution < 1.29 is 14.3 Å². The summed E-state index contributed by atoms with van der Waals surface area (Å²) in [4.78, 5) is 19.8. The van der Waals surface area contributed by atoms with Crippen LogP contribution in [0.25, 0.3) is 0 Å². The fraction of sp³-hybridized carbons (Fsp3) is 0.464. The van der Waals surface area contributed by atoms with Gasteiger partial charge in [0.15, 0.2) is 0 Å². The maximum atomic E-state index is 12.4. The van der Waals surface area contributed by atoms with Crippen LogP contribution in [0.15, 0.2) is 46.5 Å². The molecule has 0 bridgehead atoms. The molecule has 0 aromatic heterocycles. The van der Waals surface area contributed by atoms with Gasteiger partial charge in [-0.25, -0.2) is 5.01 Å². The van der Waals surface area contributed by atoms with Gasteiger partial charge in [0.05, 0.1) is 30.2 Å². The minimum atomic E-state index is -0.397. The number of hydrogen-bond donors (Lipinski definition) is 0. The molecule has 0 saturated heterocycles. The topological polar surface area (TPSA) is 66.7 Å². The number of thioether (sulfide) groups is 1. The molecule has 2 heterocycles. The zero-order valence-electron chi connectivity index (χ0n) is 22.3. The first kappa shape index (κ1) is 26.1. The predicted molar refractivity (Wildman–Crippen MR) is 149 cm³/mol. The van der Waals surface area contributed by atoms with Crippen LogP contribution in [0.2, 0.25) is 0 Å². The summed E-state index contributed by atoms with van der Waals surface area (Å²) in [5, 5.41) is 6.30. The molecule has 0 unspecified atom stereocenters. The molecule has 0 aliphatic carbocycles. The predicted octanol–water partition coefficient (Wildman–Crippen LogP) is 5.98. The van der Waals surface area contributed by atoms with Crippen molar-refractivity contribution >= 4 is 34.2 Å². The number of benzene rings is 2. The monoisotopic (exact) mass is 508 g/mol. The summed E-state index contributed by atoms with van der Waals surface area (Å²) in [6, 6.07) is 12.5. The lowest BCUT2D eigenvalue weighted by Crippen LogP contribution is -2.41. The Morgan fingerprint density at radius 3 is 2.61 bits per heavy atom. The van der Waals surface area contributed by atoms with Crippen molar-refractivity contribution in [2.24, 2.45) is 10.1 Å². The van der Waals surface area contributed by atoms with Crippen molar-refractivity contribution in [3.8, 4) is 11.5 Å². The number of carbonyl (C=O) groups is 1. The molecule has 0 saturated carbocycles. The quantitative estimate of drug-likeness (QED) is 0.355. The molecule has 36 heavy (non-hydrogen) atoms. The number of fused-ring (bicyclic) bond motifs is 1.